The lowest BCUT2D eigenvalue weighted by Gasteiger charge is -2.18. The minimum atomic E-state index is -3.45. The zero-order valence-electron chi connectivity index (χ0n) is 19.6. The molecule has 35 heavy (non-hydrogen) atoms. The van der Waals surface area contributed by atoms with Crippen molar-refractivity contribution in [1.29, 1.82) is 0 Å². The van der Waals surface area contributed by atoms with Gasteiger partial charge in [0.2, 0.25) is 0 Å². The second-order valence-corrected chi connectivity index (χ2v) is 14.3. The molecule has 192 valence electrons. The van der Waals surface area contributed by atoms with E-state index in [2.05, 4.69) is 31.5 Å². The topological polar surface area (TPSA) is 113 Å². The molecule has 12 heteroatoms. The molecule has 0 saturated carbocycles. The summed E-state index contributed by atoms with van der Waals surface area (Å²) in [7, 11) is -6.51. The first-order valence-corrected chi connectivity index (χ1v) is 16.0. The fourth-order valence-corrected chi connectivity index (χ4v) is 6.25. The molecular formula is C23H29BrClN3O5S2. The highest BCUT2D eigenvalue weighted by atomic mass is 79.9. The standard InChI is InChI=1S/C23H29BrClN3O5S2/c1-3-35(32,33)22-7-6-19(25)10-18(22)12-26-23(29)16-4-5-17(21(24)11-16)13-28-9-8-20(14-28)27-15-34(2,30)31/h4-7,10-11,20,27H,3,8-9,12-15H2,1-2H3,(H,26,29)/t20-/m1/s1. The van der Waals surface area contributed by atoms with Gasteiger partial charge in [-0.3, -0.25) is 15.0 Å². The quantitative estimate of drug-likeness (QED) is 0.428. The van der Waals surface area contributed by atoms with E-state index in [0.717, 1.165) is 29.5 Å². The predicted molar refractivity (Wildman–Crippen MR) is 141 cm³/mol. The van der Waals surface area contributed by atoms with Crippen molar-refractivity contribution in [3.8, 4) is 0 Å². The van der Waals surface area contributed by atoms with Gasteiger partial charge in [0.25, 0.3) is 5.91 Å². The van der Waals surface area contributed by atoms with Crippen LogP contribution in [0.5, 0.6) is 0 Å². The Balaban J connectivity index is 1.61. The molecule has 2 aromatic carbocycles. The zero-order valence-corrected chi connectivity index (χ0v) is 23.5. The Labute approximate surface area is 220 Å². The number of nitrogens with one attached hydrogen (secondary N) is 2. The van der Waals surface area contributed by atoms with Crippen molar-refractivity contribution in [2.45, 2.75) is 37.4 Å². The van der Waals surface area contributed by atoms with Crippen molar-refractivity contribution in [2.75, 3.05) is 31.0 Å². The van der Waals surface area contributed by atoms with E-state index in [4.69, 9.17) is 11.6 Å². The van der Waals surface area contributed by atoms with Crippen LogP contribution >= 0.6 is 27.5 Å². The van der Waals surface area contributed by atoms with E-state index in [1.54, 1.807) is 25.1 Å². The Kier molecular flexibility index (Phi) is 9.39. The Morgan fingerprint density at radius 2 is 1.89 bits per heavy atom. The van der Waals surface area contributed by atoms with Gasteiger partial charge in [-0.1, -0.05) is 40.5 Å². The lowest BCUT2D eigenvalue weighted by atomic mass is 10.1. The summed E-state index contributed by atoms with van der Waals surface area (Å²) in [5.41, 5.74) is 1.89. The summed E-state index contributed by atoms with van der Waals surface area (Å²) in [5, 5.41) is 6.26. The molecule has 1 heterocycles. The van der Waals surface area contributed by atoms with E-state index >= 15 is 0 Å². The number of likely N-dealkylation sites (tertiary alicyclic amines) is 1. The van der Waals surface area contributed by atoms with Crippen LogP contribution in [-0.2, 0) is 32.8 Å². The van der Waals surface area contributed by atoms with Crippen molar-refractivity contribution >= 4 is 53.1 Å². The van der Waals surface area contributed by atoms with Gasteiger partial charge in [-0.2, -0.15) is 0 Å². The molecule has 1 aliphatic heterocycles. The molecule has 0 unspecified atom stereocenters. The van der Waals surface area contributed by atoms with Crippen LogP contribution in [0.4, 0.5) is 0 Å². The Hall–Kier alpha value is -1.50. The van der Waals surface area contributed by atoms with Crippen LogP contribution in [0.3, 0.4) is 0 Å². The molecule has 2 aromatic rings. The predicted octanol–water partition coefficient (Wildman–Crippen LogP) is 2.99. The molecule has 0 aromatic heterocycles. The highest BCUT2D eigenvalue weighted by Crippen LogP contribution is 2.24. The fourth-order valence-electron chi connectivity index (χ4n) is 3.89. The van der Waals surface area contributed by atoms with Crippen molar-refractivity contribution < 1.29 is 21.6 Å². The van der Waals surface area contributed by atoms with Crippen LogP contribution in [0.1, 0.15) is 34.8 Å². The molecule has 1 fully saturated rings. The number of amides is 1. The van der Waals surface area contributed by atoms with Crippen LogP contribution in [0.15, 0.2) is 45.8 Å². The lowest BCUT2D eigenvalue weighted by molar-refractivity contribution is 0.0950. The first kappa shape index (κ1) is 28.1. The second-order valence-electron chi connectivity index (χ2n) is 8.64. The summed E-state index contributed by atoms with van der Waals surface area (Å²) in [6.45, 7) is 3.86. The largest absolute Gasteiger partial charge is 0.348 e. The Morgan fingerprint density at radius 3 is 2.54 bits per heavy atom. The van der Waals surface area contributed by atoms with Crippen LogP contribution in [0.2, 0.25) is 5.02 Å². The third-order valence-corrected chi connectivity index (χ3v) is 9.29. The van der Waals surface area contributed by atoms with Gasteiger partial charge < -0.3 is 5.32 Å². The van der Waals surface area contributed by atoms with E-state index in [9.17, 15) is 21.6 Å². The highest BCUT2D eigenvalue weighted by Gasteiger charge is 2.24. The Bertz CT molecular complexity index is 1300. The summed E-state index contributed by atoms with van der Waals surface area (Å²) in [4.78, 5) is 15.1. The van der Waals surface area contributed by atoms with Crippen molar-refractivity contribution in [3.63, 3.8) is 0 Å². The van der Waals surface area contributed by atoms with Crippen molar-refractivity contribution in [3.05, 3.63) is 62.6 Å². The van der Waals surface area contributed by atoms with Gasteiger partial charge in [0.05, 0.1) is 16.5 Å². The van der Waals surface area contributed by atoms with E-state index in [1.807, 2.05) is 6.07 Å². The number of sulfone groups is 2. The lowest BCUT2D eigenvalue weighted by Crippen LogP contribution is -2.35. The number of hydrogen-bond acceptors (Lipinski definition) is 7. The molecule has 1 saturated heterocycles. The van der Waals surface area contributed by atoms with Crippen molar-refractivity contribution in [1.82, 2.24) is 15.5 Å². The normalized spacial score (nSPS) is 17.0. The van der Waals surface area contributed by atoms with Gasteiger partial charge in [0, 0.05) is 53.5 Å². The molecule has 0 radical (unpaired) electrons. The summed E-state index contributed by atoms with van der Waals surface area (Å²) < 4.78 is 48.3. The smallest absolute Gasteiger partial charge is 0.251 e. The molecule has 8 nitrogen and oxygen atoms in total. The van der Waals surface area contributed by atoms with E-state index in [0.29, 0.717) is 22.7 Å². The summed E-state index contributed by atoms with van der Waals surface area (Å²) >= 11 is 9.60. The molecular weight excluding hydrogens is 578 g/mol. The molecule has 1 atom stereocenters. The molecule has 0 spiro atoms. The maximum atomic E-state index is 12.8. The fraction of sp³-hybridized carbons (Fsp3) is 0.435. The van der Waals surface area contributed by atoms with Gasteiger partial charge in [-0.15, -0.1) is 0 Å². The SMILES string of the molecule is CCS(=O)(=O)c1ccc(Cl)cc1CNC(=O)c1ccc(CN2CC[C@@H](NCS(C)(=O)=O)C2)c(Br)c1. The number of nitrogens with zero attached hydrogens (tertiary/aromatic N) is 1. The molecule has 0 bridgehead atoms. The zero-order chi connectivity index (χ0) is 25.8. The van der Waals surface area contributed by atoms with Crippen LogP contribution in [-0.4, -0.2) is 64.7 Å². The first-order chi connectivity index (χ1) is 16.4. The summed E-state index contributed by atoms with van der Waals surface area (Å²) in [5.74, 6) is -0.404. The molecule has 1 aliphatic rings. The third kappa shape index (κ3) is 7.99. The number of carbonyl (C=O) groups excluding carboxylic acids is 1. The van der Waals surface area contributed by atoms with Gasteiger partial charge >= 0.3 is 0 Å². The molecule has 3 rings (SSSR count). The highest BCUT2D eigenvalue weighted by molar-refractivity contribution is 9.10. The van der Waals surface area contributed by atoms with Gasteiger partial charge in [0.15, 0.2) is 19.7 Å². The minimum absolute atomic E-state index is 0.0277. The number of rotatable bonds is 10. The summed E-state index contributed by atoms with van der Waals surface area (Å²) in [6, 6.07) is 10.0. The number of hydrogen-bond donors (Lipinski definition) is 2. The maximum Gasteiger partial charge on any atom is 0.251 e. The van der Waals surface area contributed by atoms with E-state index in [-0.39, 0.29) is 35.0 Å². The minimum Gasteiger partial charge on any atom is -0.348 e. The molecule has 1 amide bonds. The molecule has 2 N–H and O–H groups in total. The van der Waals surface area contributed by atoms with Gasteiger partial charge in [-0.25, -0.2) is 16.8 Å². The number of carbonyl (C=O) groups is 1. The second kappa shape index (κ2) is 11.7. The van der Waals surface area contributed by atoms with Crippen LogP contribution < -0.4 is 10.6 Å². The van der Waals surface area contributed by atoms with Crippen molar-refractivity contribution in [2.24, 2.45) is 0 Å². The monoisotopic (exact) mass is 605 g/mol. The average molecular weight is 607 g/mol. The number of halogens is 2. The van der Waals surface area contributed by atoms with Gasteiger partial charge in [0.1, 0.15) is 0 Å². The Morgan fingerprint density at radius 1 is 1.14 bits per heavy atom. The first-order valence-electron chi connectivity index (χ1n) is 11.1. The van der Waals surface area contributed by atoms with Crippen LogP contribution in [0.25, 0.3) is 0 Å². The average Bonchev–Trinajstić information content (AvgIpc) is 3.24. The van der Waals surface area contributed by atoms with Gasteiger partial charge in [-0.05, 0) is 47.9 Å². The van der Waals surface area contributed by atoms with E-state index < -0.39 is 19.7 Å². The number of benzene rings is 2. The summed E-state index contributed by atoms with van der Waals surface area (Å²) in [6.07, 6.45) is 2.08. The maximum absolute atomic E-state index is 12.8. The van der Waals surface area contributed by atoms with E-state index in [1.165, 1.54) is 18.4 Å². The molecule has 0 aliphatic carbocycles. The van der Waals surface area contributed by atoms with Crippen LogP contribution in [0, 0.1) is 0 Å². The third-order valence-electron chi connectivity index (χ3n) is 5.79.